The minimum atomic E-state index is -4.19. The Bertz CT molecular complexity index is 415. The fourth-order valence-electron chi connectivity index (χ4n) is 3.63. The summed E-state index contributed by atoms with van der Waals surface area (Å²) in [6, 6.07) is 0. The first-order valence-corrected chi connectivity index (χ1v) is 13.0. The van der Waals surface area contributed by atoms with Crippen LogP contribution in [0, 0.1) is 0 Å². The van der Waals surface area contributed by atoms with E-state index in [0.717, 1.165) is 64.2 Å². The summed E-state index contributed by atoms with van der Waals surface area (Å²) in [6.07, 6.45) is 17.9. The first kappa shape index (κ1) is 31.1. The molecule has 0 aliphatic rings. The number of aliphatic hydroxyl groups is 1. The molecule has 28 heavy (non-hydrogen) atoms. The van der Waals surface area contributed by atoms with Crippen molar-refractivity contribution >= 4 is 10.1 Å². The van der Waals surface area contributed by atoms with E-state index >= 15 is 0 Å². The van der Waals surface area contributed by atoms with Gasteiger partial charge in [-0.05, 0) is 25.7 Å². The monoisotopic (exact) mass is 428 g/mol. The van der Waals surface area contributed by atoms with Crippen LogP contribution >= 0.6 is 0 Å². The molecule has 0 saturated carbocycles. The first-order valence-electron chi connectivity index (χ1n) is 11.5. The molecule has 0 heterocycles. The molecule has 0 amide bonds. The van der Waals surface area contributed by atoms with Gasteiger partial charge >= 0.3 is 29.6 Å². The topological polar surface area (TPSA) is 77.4 Å². The van der Waals surface area contributed by atoms with Crippen LogP contribution in [0.5, 0.6) is 0 Å². The van der Waals surface area contributed by atoms with Crippen molar-refractivity contribution in [3.8, 4) is 0 Å². The second kappa shape index (κ2) is 21.1. The summed E-state index contributed by atoms with van der Waals surface area (Å²) in [7, 11) is -4.19. The van der Waals surface area contributed by atoms with Crippen LogP contribution in [0.15, 0.2) is 0 Å². The van der Waals surface area contributed by atoms with Crippen molar-refractivity contribution in [2.24, 2.45) is 0 Å². The summed E-state index contributed by atoms with van der Waals surface area (Å²) < 4.78 is 34.5. The molecule has 0 spiro atoms. The fourth-order valence-corrected chi connectivity index (χ4v) is 4.54. The van der Waals surface area contributed by atoms with Crippen LogP contribution in [0.3, 0.4) is 0 Å². The third-order valence-electron chi connectivity index (χ3n) is 5.49. The zero-order valence-electron chi connectivity index (χ0n) is 19.0. The summed E-state index contributed by atoms with van der Waals surface area (Å²) in [4.78, 5) is 0. The molecule has 0 saturated heterocycles. The molecular formula is C22H45NaO4S. The van der Waals surface area contributed by atoms with Crippen molar-refractivity contribution in [2.75, 3.05) is 0 Å². The molecule has 164 valence electrons. The van der Waals surface area contributed by atoms with Crippen molar-refractivity contribution in [1.29, 1.82) is 0 Å². The maximum absolute atomic E-state index is 11.5. The number of rotatable bonds is 20. The minimum absolute atomic E-state index is 0. The van der Waals surface area contributed by atoms with E-state index < -0.39 is 15.4 Å². The Morgan fingerprint density at radius 1 is 0.643 bits per heavy atom. The predicted octanol–water partition coefficient (Wildman–Crippen LogP) is 3.33. The van der Waals surface area contributed by atoms with Gasteiger partial charge in [-0.15, -0.1) is 0 Å². The third kappa shape index (κ3) is 20.2. The predicted molar refractivity (Wildman–Crippen MR) is 114 cm³/mol. The fraction of sp³-hybridized carbons (Fsp3) is 1.00. The van der Waals surface area contributed by atoms with Crippen molar-refractivity contribution in [3.05, 3.63) is 0 Å². The Kier molecular flexibility index (Phi) is 23.4. The molecule has 0 aliphatic carbocycles. The van der Waals surface area contributed by atoms with Gasteiger partial charge in [0, 0.05) is 5.25 Å². The summed E-state index contributed by atoms with van der Waals surface area (Å²) in [5.41, 5.74) is 0. The van der Waals surface area contributed by atoms with Crippen molar-refractivity contribution in [1.82, 2.24) is 0 Å². The van der Waals surface area contributed by atoms with E-state index in [-0.39, 0.29) is 35.7 Å². The largest absolute Gasteiger partial charge is 1.00 e. The Balaban J connectivity index is 0. The number of hydrogen-bond acceptors (Lipinski definition) is 4. The summed E-state index contributed by atoms with van der Waals surface area (Å²) in [5.74, 6) is 0. The average Bonchev–Trinajstić information content (AvgIpc) is 2.62. The van der Waals surface area contributed by atoms with Gasteiger partial charge in [0.1, 0.15) is 0 Å². The standard InChI is InChI=1S/C22H46O4S.Na/c1-3-5-7-8-9-10-11-12-15-19-22(27(24,25)26)20-16-13-14-18-21(23)17-6-4-2;/h21-23H,3-20H2,1-2H3,(H,24,25,26);/q;+1/p-1. The summed E-state index contributed by atoms with van der Waals surface area (Å²) >= 11 is 0. The van der Waals surface area contributed by atoms with Gasteiger partial charge in [0.05, 0.1) is 16.2 Å². The van der Waals surface area contributed by atoms with E-state index in [1.807, 2.05) is 0 Å². The average molecular weight is 429 g/mol. The molecule has 4 nitrogen and oxygen atoms in total. The van der Waals surface area contributed by atoms with Crippen LogP contribution < -0.4 is 29.6 Å². The van der Waals surface area contributed by atoms with Gasteiger partial charge in [0.15, 0.2) is 0 Å². The van der Waals surface area contributed by atoms with E-state index in [4.69, 9.17) is 0 Å². The molecule has 0 aromatic rings. The van der Waals surface area contributed by atoms with Gasteiger partial charge in [-0.25, -0.2) is 8.42 Å². The van der Waals surface area contributed by atoms with Crippen LogP contribution in [0.25, 0.3) is 0 Å². The van der Waals surface area contributed by atoms with E-state index in [1.54, 1.807) is 0 Å². The van der Waals surface area contributed by atoms with Crippen LogP contribution in [-0.2, 0) is 10.1 Å². The van der Waals surface area contributed by atoms with E-state index in [1.165, 1.54) is 38.5 Å². The SMILES string of the molecule is CCCCCCCCCCCC(CCCCCC(O)CCCC)S(=O)(=O)[O-].[Na+]. The molecule has 0 aromatic heterocycles. The molecule has 0 aromatic carbocycles. The van der Waals surface area contributed by atoms with Crippen LogP contribution in [-0.4, -0.2) is 29.4 Å². The van der Waals surface area contributed by atoms with Gasteiger partial charge in [0.2, 0.25) is 0 Å². The zero-order valence-corrected chi connectivity index (χ0v) is 21.8. The summed E-state index contributed by atoms with van der Waals surface area (Å²) in [6.45, 7) is 4.33. The molecular weight excluding hydrogens is 383 g/mol. The van der Waals surface area contributed by atoms with Gasteiger partial charge in [-0.1, -0.05) is 104 Å². The van der Waals surface area contributed by atoms with E-state index in [9.17, 15) is 18.1 Å². The van der Waals surface area contributed by atoms with Gasteiger partial charge in [-0.2, -0.15) is 0 Å². The Hall–Kier alpha value is 0.870. The van der Waals surface area contributed by atoms with Gasteiger partial charge in [-0.3, -0.25) is 0 Å². The molecule has 0 bridgehead atoms. The molecule has 0 fully saturated rings. The second-order valence-electron chi connectivity index (χ2n) is 8.17. The van der Waals surface area contributed by atoms with E-state index in [0.29, 0.717) is 12.8 Å². The molecule has 2 unspecified atom stereocenters. The molecule has 0 aliphatic heterocycles. The molecule has 0 radical (unpaired) electrons. The summed E-state index contributed by atoms with van der Waals surface area (Å²) in [5, 5.41) is 9.10. The van der Waals surface area contributed by atoms with Gasteiger partial charge < -0.3 is 9.66 Å². The Morgan fingerprint density at radius 3 is 1.46 bits per heavy atom. The van der Waals surface area contributed by atoms with Gasteiger partial charge in [0.25, 0.3) is 0 Å². The molecule has 6 heteroatoms. The normalized spacial score (nSPS) is 13.9. The Morgan fingerprint density at radius 2 is 1.00 bits per heavy atom. The zero-order chi connectivity index (χ0) is 20.4. The van der Waals surface area contributed by atoms with Crippen molar-refractivity contribution in [2.45, 2.75) is 141 Å². The van der Waals surface area contributed by atoms with Crippen LogP contribution in [0.2, 0.25) is 0 Å². The Labute approximate surface area is 197 Å². The van der Waals surface area contributed by atoms with Crippen LogP contribution in [0.4, 0.5) is 0 Å². The van der Waals surface area contributed by atoms with Crippen molar-refractivity contribution in [3.63, 3.8) is 0 Å². The maximum Gasteiger partial charge on any atom is 1.00 e. The molecule has 2 atom stereocenters. The quantitative estimate of drug-likeness (QED) is 0.183. The van der Waals surface area contributed by atoms with Crippen molar-refractivity contribution < 1.29 is 47.6 Å². The smallest absolute Gasteiger partial charge is 0.748 e. The molecule has 1 N–H and O–H groups in total. The second-order valence-corrected chi connectivity index (χ2v) is 9.82. The number of hydrogen-bond donors (Lipinski definition) is 1. The first-order chi connectivity index (χ1) is 12.9. The minimum Gasteiger partial charge on any atom is -0.748 e. The van der Waals surface area contributed by atoms with Crippen LogP contribution in [0.1, 0.15) is 129 Å². The molecule has 0 rings (SSSR count). The number of unbranched alkanes of at least 4 members (excludes halogenated alkanes) is 11. The van der Waals surface area contributed by atoms with E-state index in [2.05, 4.69) is 13.8 Å². The number of aliphatic hydroxyl groups excluding tert-OH is 1. The third-order valence-corrected chi connectivity index (χ3v) is 6.78. The maximum atomic E-state index is 11.5.